The quantitative estimate of drug-likeness (QED) is 0.856. The Labute approximate surface area is 137 Å². The number of rotatable bonds is 6. The number of pyridine rings is 2. The molecule has 2 aromatic heterocycles. The molecule has 0 aliphatic carbocycles. The van der Waals surface area contributed by atoms with Crippen molar-refractivity contribution in [3.63, 3.8) is 0 Å². The molecule has 0 aliphatic heterocycles. The summed E-state index contributed by atoms with van der Waals surface area (Å²) in [5.41, 5.74) is 2.91. The molecule has 0 spiro atoms. The lowest BCUT2D eigenvalue weighted by Crippen LogP contribution is -2.27. The minimum absolute atomic E-state index is 0.00567. The third-order valence-electron chi connectivity index (χ3n) is 3.60. The first kappa shape index (κ1) is 17.5. The second-order valence-electron chi connectivity index (χ2n) is 7.02. The minimum atomic E-state index is -0.641. The number of nitrogens with zero attached hydrogens (tertiary/aromatic N) is 2. The molecule has 0 aromatic carbocycles. The maximum atomic E-state index is 10.9. The van der Waals surface area contributed by atoms with Gasteiger partial charge in [0.1, 0.15) is 5.78 Å². The highest BCUT2D eigenvalue weighted by molar-refractivity contribution is 5.81. The predicted molar refractivity (Wildman–Crippen MR) is 91.2 cm³/mol. The summed E-state index contributed by atoms with van der Waals surface area (Å²) in [6, 6.07) is 4.05. The number of fused-ring (bicyclic) bond motifs is 1. The van der Waals surface area contributed by atoms with Gasteiger partial charge < -0.3 is 10.4 Å². The van der Waals surface area contributed by atoms with E-state index in [1.807, 2.05) is 18.5 Å². The van der Waals surface area contributed by atoms with Crippen molar-refractivity contribution in [2.75, 3.05) is 6.54 Å². The van der Waals surface area contributed by atoms with Gasteiger partial charge in [-0.3, -0.25) is 14.8 Å². The van der Waals surface area contributed by atoms with Crippen LogP contribution in [0.1, 0.15) is 45.4 Å². The van der Waals surface area contributed by atoms with Gasteiger partial charge in [0, 0.05) is 42.7 Å². The normalized spacial score (nSPS) is 13.3. The minimum Gasteiger partial charge on any atom is -0.391 e. The van der Waals surface area contributed by atoms with Crippen LogP contribution in [0.4, 0.5) is 0 Å². The van der Waals surface area contributed by atoms with Gasteiger partial charge >= 0.3 is 0 Å². The summed E-state index contributed by atoms with van der Waals surface area (Å²) in [5, 5.41) is 13.9. The Bertz CT molecular complexity index is 692. The van der Waals surface area contributed by atoms with Crippen molar-refractivity contribution in [1.29, 1.82) is 0 Å². The smallest absolute Gasteiger partial charge is 0.132 e. The third-order valence-corrected chi connectivity index (χ3v) is 3.60. The second-order valence-corrected chi connectivity index (χ2v) is 7.02. The lowest BCUT2D eigenvalue weighted by Gasteiger charge is -2.19. The maximum Gasteiger partial charge on any atom is 0.132 e. The molecule has 0 aliphatic rings. The van der Waals surface area contributed by atoms with Crippen molar-refractivity contribution in [2.24, 2.45) is 0 Å². The van der Waals surface area contributed by atoms with Crippen LogP contribution in [0.25, 0.3) is 10.9 Å². The Balaban J connectivity index is 2.08. The average molecular weight is 315 g/mol. The predicted octanol–water partition coefficient (Wildman–Crippen LogP) is 2.36. The molecule has 5 heteroatoms. The van der Waals surface area contributed by atoms with E-state index in [4.69, 9.17) is 0 Å². The number of Topliss-reactive ketones (excluding diaryl/α,β-unsaturated/α-hetero) is 1. The number of aliphatic hydroxyl groups excluding tert-OH is 1. The first-order valence-electron chi connectivity index (χ1n) is 7.89. The molecular formula is C18H25N3O2. The number of hydrogen-bond donors (Lipinski definition) is 2. The monoisotopic (exact) mass is 315 g/mol. The molecule has 2 aromatic rings. The van der Waals surface area contributed by atoms with Crippen LogP contribution >= 0.6 is 0 Å². The highest BCUT2D eigenvalue weighted by Crippen LogP contribution is 2.26. The second kappa shape index (κ2) is 7.15. The molecule has 0 saturated carbocycles. The number of aromatic nitrogens is 2. The molecule has 0 unspecified atom stereocenters. The Hall–Kier alpha value is -1.85. The van der Waals surface area contributed by atoms with Crippen molar-refractivity contribution in [1.82, 2.24) is 15.3 Å². The average Bonchev–Trinajstić information content (AvgIpc) is 2.44. The lowest BCUT2D eigenvalue weighted by atomic mass is 9.90. The molecule has 5 nitrogen and oxygen atoms in total. The number of aliphatic hydroxyl groups is 1. The zero-order valence-corrected chi connectivity index (χ0v) is 14.3. The fourth-order valence-electron chi connectivity index (χ4n) is 2.54. The molecule has 2 heterocycles. The molecule has 0 amide bonds. The molecule has 2 N–H and O–H groups in total. The van der Waals surface area contributed by atoms with Gasteiger partial charge in [-0.15, -0.1) is 0 Å². The van der Waals surface area contributed by atoms with E-state index in [0.29, 0.717) is 13.1 Å². The van der Waals surface area contributed by atoms with Crippen LogP contribution in [-0.4, -0.2) is 33.5 Å². The van der Waals surface area contributed by atoms with Gasteiger partial charge in [0.15, 0.2) is 0 Å². The van der Waals surface area contributed by atoms with Gasteiger partial charge in [-0.2, -0.15) is 0 Å². The molecule has 1 atom stereocenters. The van der Waals surface area contributed by atoms with Crippen LogP contribution in [0.5, 0.6) is 0 Å². The summed E-state index contributed by atoms with van der Waals surface area (Å²) in [5.74, 6) is -0.00567. The molecule has 0 bridgehead atoms. The van der Waals surface area contributed by atoms with Gasteiger partial charge in [-0.25, -0.2) is 0 Å². The van der Waals surface area contributed by atoms with Crippen molar-refractivity contribution in [3.8, 4) is 0 Å². The summed E-state index contributed by atoms with van der Waals surface area (Å²) in [6.45, 7) is 8.86. The first-order chi connectivity index (χ1) is 10.8. The van der Waals surface area contributed by atoms with E-state index < -0.39 is 6.10 Å². The van der Waals surface area contributed by atoms with Crippen LogP contribution in [0.15, 0.2) is 24.5 Å². The van der Waals surface area contributed by atoms with E-state index in [2.05, 4.69) is 42.1 Å². The molecular weight excluding hydrogens is 290 g/mol. The Kier molecular flexibility index (Phi) is 5.44. The Morgan fingerprint density at radius 2 is 2.09 bits per heavy atom. The molecule has 0 fully saturated rings. The summed E-state index contributed by atoms with van der Waals surface area (Å²) in [4.78, 5) is 20.0. The molecule has 23 heavy (non-hydrogen) atoms. The fourth-order valence-corrected chi connectivity index (χ4v) is 2.54. The summed E-state index contributed by atoms with van der Waals surface area (Å²) < 4.78 is 0. The number of hydrogen-bond acceptors (Lipinski definition) is 5. The fraction of sp³-hybridized carbons (Fsp3) is 0.500. The number of carbonyl (C=O) groups is 1. The standard InChI is InChI=1S/C18H25N3O2/c1-12(22)7-15(23)11-19-9-13-8-14-5-6-20-17(18(2,3)4)16(14)21-10-13/h5-6,8,10,15,19,23H,7,9,11H2,1-4H3/t15-/m0/s1. The van der Waals surface area contributed by atoms with E-state index in [9.17, 15) is 9.90 Å². The number of nitrogens with one attached hydrogen (secondary N) is 1. The Morgan fingerprint density at radius 3 is 2.74 bits per heavy atom. The molecule has 0 saturated heterocycles. The topological polar surface area (TPSA) is 75.1 Å². The van der Waals surface area contributed by atoms with Crippen molar-refractivity contribution < 1.29 is 9.90 Å². The highest BCUT2D eigenvalue weighted by Gasteiger charge is 2.19. The third kappa shape index (κ3) is 4.81. The first-order valence-corrected chi connectivity index (χ1v) is 7.89. The molecule has 0 radical (unpaired) electrons. The van der Waals surface area contributed by atoms with Crippen molar-refractivity contribution in [3.05, 3.63) is 35.8 Å². The SMILES string of the molecule is CC(=O)C[C@H](O)CNCc1cnc2c(C(C)(C)C)nccc2c1. The van der Waals surface area contributed by atoms with Gasteiger partial charge in [0.05, 0.1) is 17.3 Å². The largest absolute Gasteiger partial charge is 0.391 e. The van der Waals surface area contributed by atoms with Crippen LogP contribution in [0.3, 0.4) is 0 Å². The Morgan fingerprint density at radius 1 is 1.35 bits per heavy atom. The van der Waals surface area contributed by atoms with Crippen LogP contribution in [0, 0.1) is 0 Å². The zero-order chi connectivity index (χ0) is 17.0. The highest BCUT2D eigenvalue weighted by atomic mass is 16.3. The lowest BCUT2D eigenvalue weighted by molar-refractivity contribution is -0.118. The maximum absolute atomic E-state index is 10.9. The van der Waals surface area contributed by atoms with Crippen LogP contribution in [-0.2, 0) is 16.8 Å². The van der Waals surface area contributed by atoms with E-state index in [0.717, 1.165) is 22.2 Å². The zero-order valence-electron chi connectivity index (χ0n) is 14.3. The summed E-state index contributed by atoms with van der Waals surface area (Å²) in [7, 11) is 0. The summed E-state index contributed by atoms with van der Waals surface area (Å²) in [6.07, 6.45) is 3.20. The van der Waals surface area contributed by atoms with E-state index in [1.54, 1.807) is 0 Å². The van der Waals surface area contributed by atoms with Crippen LogP contribution < -0.4 is 5.32 Å². The van der Waals surface area contributed by atoms with Gasteiger partial charge in [0.25, 0.3) is 0 Å². The van der Waals surface area contributed by atoms with Gasteiger partial charge in [-0.1, -0.05) is 20.8 Å². The number of ketones is 1. The van der Waals surface area contributed by atoms with Gasteiger partial charge in [-0.05, 0) is 24.6 Å². The molecule has 2 rings (SSSR count). The van der Waals surface area contributed by atoms with E-state index in [1.165, 1.54) is 6.92 Å². The molecule has 124 valence electrons. The number of carbonyl (C=O) groups excluding carboxylic acids is 1. The van der Waals surface area contributed by atoms with E-state index >= 15 is 0 Å². The van der Waals surface area contributed by atoms with E-state index in [-0.39, 0.29) is 17.6 Å². The summed E-state index contributed by atoms with van der Waals surface area (Å²) >= 11 is 0. The van der Waals surface area contributed by atoms with Crippen LogP contribution in [0.2, 0.25) is 0 Å². The van der Waals surface area contributed by atoms with Crippen molar-refractivity contribution in [2.45, 2.75) is 52.2 Å². The van der Waals surface area contributed by atoms with Crippen molar-refractivity contribution >= 4 is 16.7 Å². The van der Waals surface area contributed by atoms with Gasteiger partial charge in [0.2, 0.25) is 0 Å².